The molecule has 1 aromatic carbocycles. The Morgan fingerprint density at radius 2 is 1.60 bits per heavy atom. The zero-order chi connectivity index (χ0) is 15.8. The molecular formula is C10H15BClF4N3U-. The predicted molar refractivity (Wildman–Crippen MR) is 71.6 cm³/mol. The van der Waals surface area contributed by atoms with E-state index in [0.717, 1.165) is 16.1 Å². The van der Waals surface area contributed by atoms with Crippen molar-refractivity contribution in [3.63, 3.8) is 0 Å². The summed E-state index contributed by atoms with van der Waals surface area (Å²) in [7, 11) is -6.00. The van der Waals surface area contributed by atoms with Gasteiger partial charge in [0, 0.05) is 0 Å². The van der Waals surface area contributed by atoms with Crippen molar-refractivity contribution >= 4 is 29.9 Å². The van der Waals surface area contributed by atoms with Gasteiger partial charge in [-0.1, -0.05) is 0 Å². The van der Waals surface area contributed by atoms with Crippen molar-refractivity contribution in [2.75, 3.05) is 0 Å². The number of aromatic nitrogens is 3. The summed E-state index contributed by atoms with van der Waals surface area (Å²) in [5, 5.41) is 9.21. The molecule has 0 atom stereocenters. The third-order valence-corrected chi connectivity index (χ3v) is 10.9. The fourth-order valence-electron chi connectivity index (χ4n) is 1.55. The van der Waals surface area contributed by atoms with Crippen LogP contribution in [0.2, 0.25) is 20.9 Å². The summed E-state index contributed by atoms with van der Waals surface area (Å²) in [5.74, 6) is 0. The van der Waals surface area contributed by atoms with Crippen LogP contribution in [-0.2, 0) is 0 Å². The summed E-state index contributed by atoms with van der Waals surface area (Å²) in [6, 6.07) is 5.73. The van der Waals surface area contributed by atoms with Crippen molar-refractivity contribution in [1.82, 2.24) is 12.3 Å². The van der Waals surface area contributed by atoms with E-state index in [1.807, 2.05) is 18.2 Å². The number of halogens is 5. The minimum atomic E-state index is -6.00. The van der Waals surface area contributed by atoms with Crippen molar-refractivity contribution in [1.29, 1.82) is 0 Å². The van der Waals surface area contributed by atoms with Gasteiger partial charge in [-0.15, -0.1) is 0 Å². The molecule has 0 spiro atoms. The maximum atomic E-state index is 9.75. The third kappa shape index (κ3) is 5.62. The van der Waals surface area contributed by atoms with Crippen LogP contribution in [0, 0.1) is 23.0 Å². The molecule has 0 N–H and O–H groups in total. The summed E-state index contributed by atoms with van der Waals surface area (Å²) in [6.45, 7) is 0. The summed E-state index contributed by atoms with van der Waals surface area (Å²) in [4.78, 5) is 0. The molecule has 0 saturated carbocycles. The van der Waals surface area contributed by atoms with Gasteiger partial charge in [-0.2, -0.15) is 0 Å². The Morgan fingerprint density at radius 3 is 2.05 bits per heavy atom. The number of benzene rings is 1. The van der Waals surface area contributed by atoms with Crippen LogP contribution in [0.4, 0.5) is 17.3 Å². The van der Waals surface area contributed by atoms with E-state index in [0.29, 0.717) is 0 Å². The van der Waals surface area contributed by atoms with Crippen molar-refractivity contribution < 1.29 is 40.2 Å². The second-order valence-corrected chi connectivity index (χ2v) is 41.2. The number of nitrogens with zero attached hydrogens (tertiary/aromatic N) is 3. The molecule has 1 heterocycles. The molecular weight excluding hydrogens is 522 g/mol. The second-order valence-electron chi connectivity index (χ2n) is 6.52. The molecule has 0 bridgehead atoms. The average molecular weight is 538 g/mol. The average Bonchev–Trinajstić information content (AvgIpc) is 2.55. The quantitative estimate of drug-likeness (QED) is 0.378. The van der Waals surface area contributed by atoms with E-state index in [1.165, 1.54) is 0 Å². The Hall–Kier alpha value is -0.253. The molecule has 0 unspecified atom stereocenters. The van der Waals surface area contributed by atoms with Gasteiger partial charge in [-0.05, 0) is 0 Å². The van der Waals surface area contributed by atoms with E-state index in [-0.39, 0.29) is 0 Å². The van der Waals surface area contributed by atoms with Crippen LogP contribution >= 0.6 is 11.6 Å². The van der Waals surface area contributed by atoms with Crippen molar-refractivity contribution in [3.05, 3.63) is 23.2 Å². The van der Waals surface area contributed by atoms with Crippen LogP contribution in [0.5, 0.6) is 0 Å². The number of hydrogen-bond donors (Lipinski definition) is 0. The fourth-order valence-corrected chi connectivity index (χ4v) is 8.15. The summed E-state index contributed by atoms with van der Waals surface area (Å²) < 4.78 is 50.5. The van der Waals surface area contributed by atoms with Gasteiger partial charge in [0.05, 0.1) is 0 Å². The van der Waals surface area contributed by atoms with E-state index < -0.39 is 30.2 Å². The topological polar surface area (TPSA) is 30.7 Å². The Balaban J connectivity index is 0.000000347. The van der Waals surface area contributed by atoms with E-state index in [9.17, 15) is 17.3 Å². The van der Waals surface area contributed by atoms with E-state index in [2.05, 4.69) is 28.2 Å². The van der Waals surface area contributed by atoms with Gasteiger partial charge >= 0.3 is 104 Å². The molecule has 10 heteroatoms. The van der Waals surface area contributed by atoms with Gasteiger partial charge in [-0.25, -0.2) is 0 Å². The number of hydrogen-bond acceptors (Lipinski definition) is 2. The summed E-state index contributed by atoms with van der Waals surface area (Å²) in [6.07, 6.45) is 0. The van der Waals surface area contributed by atoms with Gasteiger partial charge in [-0.3, -0.25) is 0 Å². The third-order valence-electron chi connectivity index (χ3n) is 2.25. The molecule has 1 aromatic heterocycles. The van der Waals surface area contributed by atoms with Gasteiger partial charge in [0.15, 0.2) is 0 Å². The molecule has 0 aliphatic heterocycles. The van der Waals surface area contributed by atoms with Crippen molar-refractivity contribution in [2.24, 2.45) is 0 Å². The van der Waals surface area contributed by atoms with Gasteiger partial charge < -0.3 is 17.3 Å². The molecule has 0 saturated heterocycles. The Bertz CT molecular complexity index is 605. The van der Waals surface area contributed by atoms with E-state index in [4.69, 9.17) is 11.6 Å². The van der Waals surface area contributed by atoms with Crippen molar-refractivity contribution in [2.45, 2.75) is 15.8 Å². The molecule has 2 aromatic rings. The van der Waals surface area contributed by atoms with E-state index >= 15 is 0 Å². The molecule has 3 nitrogen and oxygen atoms in total. The maximum absolute atomic E-state index is 9.75. The monoisotopic (exact) mass is 537 g/mol. The Morgan fingerprint density at radius 1 is 1.10 bits per heavy atom. The van der Waals surface area contributed by atoms with Crippen LogP contribution in [0.1, 0.15) is 0 Å². The van der Waals surface area contributed by atoms with Crippen LogP contribution < -0.4 is 0 Å². The van der Waals surface area contributed by atoms with Crippen LogP contribution in [0.15, 0.2) is 18.2 Å². The first-order chi connectivity index (χ1) is 8.74. The van der Waals surface area contributed by atoms with Gasteiger partial charge in [0.1, 0.15) is 0 Å². The van der Waals surface area contributed by atoms with Crippen LogP contribution in [0.25, 0.3) is 11.0 Å². The van der Waals surface area contributed by atoms with Crippen LogP contribution in [-0.4, -0.2) is 19.6 Å². The molecule has 113 valence electrons. The molecule has 0 amide bonds. The van der Waals surface area contributed by atoms with E-state index in [1.54, 1.807) is 0 Å². The predicted octanol–water partition coefficient (Wildman–Crippen LogP) is 5.03. The zero-order valence-electron chi connectivity index (χ0n) is 11.5. The van der Waals surface area contributed by atoms with Crippen LogP contribution in [0.3, 0.4) is 0 Å². The molecule has 0 aliphatic rings. The first-order valence-corrected chi connectivity index (χ1v) is 24.8. The Labute approximate surface area is 121 Å². The first kappa shape index (κ1) is 17.8. The molecule has 0 fully saturated rings. The normalized spacial score (nSPS) is 14.3. The SMILES string of the molecule is F[B-](F)(F)F.[CH3][U]([CH3])([CH3])([CH3])[n]1nnc2ccc(Cl)cc21. The van der Waals surface area contributed by atoms with Gasteiger partial charge in [0.25, 0.3) is 0 Å². The molecule has 0 radical (unpaired) electrons. The standard InChI is InChI=1S/C6H3ClN3.4CH3.BF4.U/c7-4-1-2-5-6(3-4)9-10-8-5;;;;;2-1(3,4)5;/h1-3H;4*1H3;;/q-1;;;;;-1;+1. The van der Waals surface area contributed by atoms with Crippen molar-refractivity contribution in [3.8, 4) is 0 Å². The second kappa shape index (κ2) is 5.51. The van der Waals surface area contributed by atoms with Gasteiger partial charge in [0.2, 0.25) is 0 Å². The minimum absolute atomic E-state index is 0.743. The Kier molecular flexibility index (Phi) is 4.90. The fraction of sp³-hybridized carbons (Fsp3) is 0.400. The first-order valence-electron chi connectivity index (χ1n) is 5.87. The molecule has 20 heavy (non-hydrogen) atoms. The number of rotatable bonds is 1. The molecule has 0 aliphatic carbocycles. The summed E-state index contributed by atoms with van der Waals surface area (Å²) in [5.41, 5.74) is 1.99. The number of fused-ring (bicyclic) bond motifs is 1. The summed E-state index contributed by atoms with van der Waals surface area (Å²) >= 11 is 2.99. The zero-order valence-corrected chi connectivity index (χ0v) is 16.5. The molecule has 2 rings (SSSR count).